The molecule has 0 radical (unpaired) electrons. The lowest BCUT2D eigenvalue weighted by atomic mass is 10.1. The van der Waals surface area contributed by atoms with Crippen LogP contribution in [0.5, 0.6) is 5.75 Å². The van der Waals surface area contributed by atoms with E-state index in [-0.39, 0.29) is 5.91 Å². The highest BCUT2D eigenvalue weighted by atomic mass is 16.5. The van der Waals surface area contributed by atoms with Gasteiger partial charge in [-0.05, 0) is 56.3 Å². The summed E-state index contributed by atoms with van der Waals surface area (Å²) in [7, 11) is 0. The zero-order chi connectivity index (χ0) is 24.2. The molecule has 0 spiro atoms. The van der Waals surface area contributed by atoms with Gasteiger partial charge in [0.1, 0.15) is 18.1 Å². The van der Waals surface area contributed by atoms with Crippen LogP contribution < -0.4 is 10.1 Å². The first-order chi connectivity index (χ1) is 17.1. The number of aromatic nitrogens is 2. The van der Waals surface area contributed by atoms with Gasteiger partial charge in [-0.2, -0.15) is 0 Å². The molecule has 8 heteroatoms. The number of fused-ring (bicyclic) bond motifs is 1. The molecule has 0 unspecified atom stereocenters. The van der Waals surface area contributed by atoms with Gasteiger partial charge in [0.2, 0.25) is 0 Å². The van der Waals surface area contributed by atoms with Crippen molar-refractivity contribution in [2.75, 3.05) is 38.2 Å². The van der Waals surface area contributed by atoms with Gasteiger partial charge >= 0.3 is 0 Å². The van der Waals surface area contributed by atoms with Crippen LogP contribution in [-0.4, -0.2) is 53.4 Å². The minimum Gasteiger partial charge on any atom is -0.489 e. The van der Waals surface area contributed by atoms with Gasteiger partial charge in [0.15, 0.2) is 0 Å². The number of carbonyl (C=O) groups excluding carboxylic acids is 1. The van der Waals surface area contributed by atoms with Gasteiger partial charge in [0.05, 0.1) is 24.5 Å². The molecular weight excluding hydrogens is 444 g/mol. The van der Waals surface area contributed by atoms with Crippen LogP contribution in [-0.2, 0) is 17.9 Å². The molecule has 182 valence electrons. The molecule has 8 nitrogen and oxygen atoms in total. The highest BCUT2D eigenvalue weighted by molar-refractivity contribution is 6.05. The van der Waals surface area contributed by atoms with Gasteiger partial charge in [-0.3, -0.25) is 9.69 Å². The highest BCUT2D eigenvalue weighted by Crippen LogP contribution is 2.23. The van der Waals surface area contributed by atoms with Crippen molar-refractivity contribution in [2.45, 2.75) is 27.0 Å². The van der Waals surface area contributed by atoms with Crippen molar-refractivity contribution in [3.63, 3.8) is 0 Å². The molecule has 0 atom stereocenters. The third-order valence-electron chi connectivity index (χ3n) is 6.45. The predicted molar refractivity (Wildman–Crippen MR) is 134 cm³/mol. The fourth-order valence-electron chi connectivity index (χ4n) is 4.34. The van der Waals surface area contributed by atoms with Crippen molar-refractivity contribution in [3.05, 3.63) is 77.3 Å². The number of anilines is 1. The van der Waals surface area contributed by atoms with Gasteiger partial charge in [0.25, 0.3) is 5.91 Å². The van der Waals surface area contributed by atoms with Crippen molar-refractivity contribution in [1.82, 2.24) is 14.6 Å². The Morgan fingerprint density at radius 3 is 2.74 bits per heavy atom. The molecule has 3 heterocycles. The fraction of sp³-hybridized carbons (Fsp3) is 0.333. The first-order valence-corrected chi connectivity index (χ1v) is 11.9. The van der Waals surface area contributed by atoms with Crippen LogP contribution in [0.4, 0.5) is 5.69 Å². The van der Waals surface area contributed by atoms with E-state index in [2.05, 4.69) is 38.3 Å². The number of nitrogens with one attached hydrogen (secondary N) is 1. The molecule has 35 heavy (non-hydrogen) atoms. The maximum atomic E-state index is 12.9. The number of amides is 1. The van der Waals surface area contributed by atoms with E-state index in [0.29, 0.717) is 17.9 Å². The van der Waals surface area contributed by atoms with Crippen molar-refractivity contribution in [3.8, 4) is 5.75 Å². The van der Waals surface area contributed by atoms with E-state index in [1.54, 1.807) is 12.1 Å². The molecule has 2 aromatic heterocycles. The second-order valence-corrected chi connectivity index (χ2v) is 8.81. The Morgan fingerprint density at radius 1 is 1.09 bits per heavy atom. The minimum atomic E-state index is -0.182. The molecule has 0 bridgehead atoms. The first kappa shape index (κ1) is 23.1. The predicted octanol–water partition coefficient (Wildman–Crippen LogP) is 4.41. The van der Waals surface area contributed by atoms with Crippen LogP contribution in [0.25, 0.3) is 10.9 Å². The summed E-state index contributed by atoms with van der Waals surface area (Å²) in [5, 5.41) is 8.05. The number of morpholine rings is 1. The second kappa shape index (κ2) is 10.3. The Morgan fingerprint density at radius 2 is 1.94 bits per heavy atom. The Balaban J connectivity index is 1.22. The quantitative estimate of drug-likeness (QED) is 0.407. The third-order valence-corrected chi connectivity index (χ3v) is 6.45. The standard InChI is InChI=1S/C27H30N4O4/c1-19-25(20(2)35-29-19)18-34-24-5-3-4-22(17-24)27(32)28-23-6-7-26-21(16-23)8-9-31(26)11-10-30-12-14-33-15-13-30/h3-9,16-17H,10-15,18H2,1-2H3,(H,28,32). The number of hydrogen-bond acceptors (Lipinski definition) is 6. The monoisotopic (exact) mass is 474 g/mol. The number of hydrogen-bond donors (Lipinski definition) is 1. The van der Waals surface area contributed by atoms with Crippen molar-refractivity contribution >= 4 is 22.5 Å². The largest absolute Gasteiger partial charge is 0.489 e. The van der Waals surface area contributed by atoms with Crippen molar-refractivity contribution < 1.29 is 18.8 Å². The SMILES string of the molecule is Cc1noc(C)c1COc1cccc(C(=O)Nc2ccc3c(ccn3CCN3CCOCC3)c2)c1. The topological polar surface area (TPSA) is 81.8 Å². The number of ether oxygens (including phenoxy) is 2. The molecule has 5 rings (SSSR count). The summed E-state index contributed by atoms with van der Waals surface area (Å²) in [6.45, 7) is 9.61. The second-order valence-electron chi connectivity index (χ2n) is 8.81. The average Bonchev–Trinajstić information content (AvgIpc) is 3.43. The van der Waals surface area contributed by atoms with Gasteiger partial charge in [-0.25, -0.2) is 0 Å². The van der Waals surface area contributed by atoms with Gasteiger partial charge in [0, 0.05) is 54.5 Å². The van der Waals surface area contributed by atoms with Crippen LogP contribution in [0.3, 0.4) is 0 Å². The number of benzene rings is 2. The third kappa shape index (κ3) is 5.39. The molecule has 4 aromatic rings. The number of carbonyl (C=O) groups is 1. The smallest absolute Gasteiger partial charge is 0.255 e. The number of aryl methyl sites for hydroxylation is 2. The summed E-state index contributed by atoms with van der Waals surface area (Å²) < 4.78 is 18.8. The molecule has 1 aliphatic heterocycles. The van der Waals surface area contributed by atoms with Crippen LogP contribution in [0.1, 0.15) is 27.4 Å². The molecular formula is C27H30N4O4. The van der Waals surface area contributed by atoms with E-state index in [9.17, 15) is 4.79 Å². The molecule has 1 aliphatic rings. The van der Waals surface area contributed by atoms with Crippen LogP contribution in [0.15, 0.2) is 59.3 Å². The summed E-state index contributed by atoms with van der Waals surface area (Å²) in [5.41, 5.74) is 4.18. The Labute approximate surface area is 204 Å². The molecule has 2 aromatic carbocycles. The first-order valence-electron chi connectivity index (χ1n) is 11.9. The Bertz CT molecular complexity index is 1300. The van der Waals surface area contributed by atoms with Gasteiger partial charge in [-0.1, -0.05) is 11.2 Å². The van der Waals surface area contributed by atoms with Crippen molar-refractivity contribution in [2.24, 2.45) is 0 Å². The number of rotatable bonds is 8. The van der Waals surface area contributed by atoms with E-state index < -0.39 is 0 Å². The summed E-state index contributed by atoms with van der Waals surface area (Å²) in [6, 6.07) is 15.3. The molecule has 1 fully saturated rings. The normalized spacial score (nSPS) is 14.3. The number of nitrogens with zero attached hydrogens (tertiary/aromatic N) is 3. The summed E-state index contributed by atoms with van der Waals surface area (Å²) in [5.74, 6) is 1.17. The molecule has 1 saturated heterocycles. The Hall–Kier alpha value is -3.62. The lowest BCUT2D eigenvalue weighted by molar-refractivity contribution is 0.0365. The van der Waals surface area contributed by atoms with Crippen LogP contribution in [0, 0.1) is 13.8 Å². The summed E-state index contributed by atoms with van der Waals surface area (Å²) in [4.78, 5) is 15.3. The lowest BCUT2D eigenvalue weighted by Crippen LogP contribution is -2.38. The van der Waals surface area contributed by atoms with E-state index in [4.69, 9.17) is 14.0 Å². The fourth-order valence-corrected chi connectivity index (χ4v) is 4.34. The van der Waals surface area contributed by atoms with Crippen molar-refractivity contribution in [1.29, 1.82) is 0 Å². The molecule has 1 N–H and O–H groups in total. The maximum Gasteiger partial charge on any atom is 0.255 e. The zero-order valence-electron chi connectivity index (χ0n) is 20.1. The zero-order valence-corrected chi connectivity index (χ0v) is 20.1. The average molecular weight is 475 g/mol. The molecule has 0 aliphatic carbocycles. The van der Waals surface area contributed by atoms with Crippen LogP contribution >= 0.6 is 0 Å². The van der Waals surface area contributed by atoms with E-state index >= 15 is 0 Å². The van der Waals surface area contributed by atoms with E-state index in [1.165, 1.54) is 0 Å². The molecule has 1 amide bonds. The Kier molecular flexibility index (Phi) is 6.83. The van der Waals surface area contributed by atoms with Gasteiger partial charge < -0.3 is 23.9 Å². The highest BCUT2D eigenvalue weighted by Gasteiger charge is 2.13. The van der Waals surface area contributed by atoms with E-state index in [0.717, 1.165) is 73.0 Å². The summed E-state index contributed by atoms with van der Waals surface area (Å²) in [6.07, 6.45) is 2.11. The van der Waals surface area contributed by atoms with E-state index in [1.807, 2.05) is 38.1 Å². The van der Waals surface area contributed by atoms with Gasteiger partial charge in [-0.15, -0.1) is 0 Å². The maximum absolute atomic E-state index is 12.9. The summed E-state index contributed by atoms with van der Waals surface area (Å²) >= 11 is 0. The minimum absolute atomic E-state index is 0.182. The lowest BCUT2D eigenvalue weighted by Gasteiger charge is -2.26. The molecule has 0 saturated carbocycles. The van der Waals surface area contributed by atoms with Crippen LogP contribution in [0.2, 0.25) is 0 Å².